The number of carbonyl (C=O) groups excluding carboxylic acids is 2. The van der Waals surface area contributed by atoms with Crippen molar-refractivity contribution in [3.63, 3.8) is 0 Å². The summed E-state index contributed by atoms with van der Waals surface area (Å²) in [5.41, 5.74) is 0.710. The van der Waals surface area contributed by atoms with Crippen LogP contribution in [0.5, 0.6) is 11.5 Å². The van der Waals surface area contributed by atoms with Crippen LogP contribution in [0, 0.1) is 10.1 Å². The second-order valence-corrected chi connectivity index (χ2v) is 5.72. The molecule has 0 spiro atoms. The standard InChI is InChI=1S/C19H20N2O7/c1-26-16-9-6-13(10-17(16)27-2)15(11-18(22)28-3)20-19(23)12-4-7-14(8-5-12)21(24)25/h4-10,15H,11H2,1-3H3,(H,20,23). The minimum absolute atomic E-state index is 0.106. The van der Waals surface area contributed by atoms with Crippen LogP contribution in [0.15, 0.2) is 42.5 Å². The SMILES string of the molecule is COC(=O)CC(NC(=O)c1ccc([N+](=O)[O-])cc1)c1ccc(OC)c(OC)c1. The molecule has 28 heavy (non-hydrogen) atoms. The van der Waals surface area contributed by atoms with Crippen LogP contribution < -0.4 is 14.8 Å². The number of carbonyl (C=O) groups is 2. The van der Waals surface area contributed by atoms with Crippen LogP contribution in [0.1, 0.15) is 28.4 Å². The second kappa shape index (κ2) is 9.36. The molecule has 2 rings (SSSR count). The lowest BCUT2D eigenvalue weighted by Gasteiger charge is -2.20. The molecule has 9 nitrogen and oxygen atoms in total. The highest BCUT2D eigenvalue weighted by Crippen LogP contribution is 2.31. The van der Waals surface area contributed by atoms with Gasteiger partial charge in [-0.25, -0.2) is 0 Å². The average molecular weight is 388 g/mol. The van der Waals surface area contributed by atoms with E-state index in [2.05, 4.69) is 5.32 Å². The fourth-order valence-corrected chi connectivity index (χ4v) is 2.55. The van der Waals surface area contributed by atoms with E-state index in [1.165, 1.54) is 45.6 Å². The van der Waals surface area contributed by atoms with Gasteiger partial charge in [-0.1, -0.05) is 6.07 Å². The van der Waals surface area contributed by atoms with E-state index < -0.39 is 22.8 Å². The van der Waals surface area contributed by atoms with Gasteiger partial charge in [0.2, 0.25) is 0 Å². The van der Waals surface area contributed by atoms with Crippen LogP contribution in [0.2, 0.25) is 0 Å². The smallest absolute Gasteiger partial charge is 0.307 e. The van der Waals surface area contributed by atoms with Crippen LogP contribution >= 0.6 is 0 Å². The number of amides is 1. The van der Waals surface area contributed by atoms with Gasteiger partial charge in [-0.2, -0.15) is 0 Å². The number of nitro groups is 1. The van der Waals surface area contributed by atoms with E-state index in [0.717, 1.165) is 0 Å². The Morgan fingerprint density at radius 3 is 2.21 bits per heavy atom. The molecule has 1 unspecified atom stereocenters. The summed E-state index contributed by atoms with van der Waals surface area (Å²) in [5.74, 6) is -0.0495. The lowest BCUT2D eigenvalue weighted by Crippen LogP contribution is -2.30. The number of benzene rings is 2. The molecule has 0 saturated heterocycles. The van der Waals surface area contributed by atoms with Gasteiger partial charge in [-0.3, -0.25) is 19.7 Å². The summed E-state index contributed by atoms with van der Waals surface area (Å²) in [7, 11) is 4.23. The first kappa shape index (κ1) is 20.7. The molecule has 0 aliphatic carbocycles. The van der Waals surface area contributed by atoms with E-state index in [1.54, 1.807) is 18.2 Å². The lowest BCUT2D eigenvalue weighted by atomic mass is 10.0. The monoisotopic (exact) mass is 388 g/mol. The summed E-state index contributed by atoms with van der Waals surface area (Å²) >= 11 is 0. The Hall–Kier alpha value is -3.62. The molecule has 9 heteroatoms. The third-order valence-corrected chi connectivity index (χ3v) is 4.05. The molecule has 0 radical (unpaired) electrons. The normalized spacial score (nSPS) is 11.2. The Labute approximate surface area is 161 Å². The summed E-state index contributed by atoms with van der Waals surface area (Å²) < 4.78 is 15.2. The molecule has 148 valence electrons. The summed E-state index contributed by atoms with van der Waals surface area (Å²) in [5, 5.41) is 13.5. The zero-order chi connectivity index (χ0) is 20.7. The average Bonchev–Trinajstić information content (AvgIpc) is 2.72. The van der Waals surface area contributed by atoms with Crippen molar-refractivity contribution < 1.29 is 28.7 Å². The first-order chi connectivity index (χ1) is 13.4. The van der Waals surface area contributed by atoms with Gasteiger partial charge in [-0.05, 0) is 29.8 Å². The van der Waals surface area contributed by atoms with E-state index in [1.807, 2.05) is 0 Å². The summed E-state index contributed by atoms with van der Waals surface area (Å²) in [6.07, 6.45) is -0.106. The molecule has 0 heterocycles. The van der Waals surface area contributed by atoms with Crippen molar-refractivity contribution in [2.24, 2.45) is 0 Å². The maximum Gasteiger partial charge on any atom is 0.307 e. The van der Waals surface area contributed by atoms with E-state index in [9.17, 15) is 19.7 Å². The van der Waals surface area contributed by atoms with Crippen molar-refractivity contribution in [2.45, 2.75) is 12.5 Å². The number of rotatable bonds is 8. The van der Waals surface area contributed by atoms with E-state index in [0.29, 0.717) is 17.1 Å². The quantitative estimate of drug-likeness (QED) is 0.420. The summed E-state index contributed by atoms with van der Waals surface area (Å²) in [6.45, 7) is 0. The first-order valence-electron chi connectivity index (χ1n) is 8.23. The number of esters is 1. The minimum atomic E-state index is -0.699. The van der Waals surface area contributed by atoms with Gasteiger partial charge in [0, 0.05) is 17.7 Å². The zero-order valence-electron chi connectivity index (χ0n) is 15.6. The highest BCUT2D eigenvalue weighted by molar-refractivity contribution is 5.95. The van der Waals surface area contributed by atoms with Gasteiger partial charge in [0.25, 0.3) is 11.6 Å². The van der Waals surface area contributed by atoms with Crippen molar-refractivity contribution in [3.05, 3.63) is 63.7 Å². The Balaban J connectivity index is 2.29. The number of methoxy groups -OCH3 is 3. The lowest BCUT2D eigenvalue weighted by molar-refractivity contribution is -0.384. The molecule has 2 aromatic rings. The van der Waals surface area contributed by atoms with Crippen molar-refractivity contribution in [1.82, 2.24) is 5.32 Å². The minimum Gasteiger partial charge on any atom is -0.493 e. The predicted molar refractivity (Wildman–Crippen MR) is 99.5 cm³/mol. The molecule has 2 aromatic carbocycles. The Morgan fingerprint density at radius 2 is 1.68 bits per heavy atom. The van der Waals surface area contributed by atoms with Crippen LogP contribution in [0.4, 0.5) is 5.69 Å². The van der Waals surface area contributed by atoms with Crippen LogP contribution in [-0.2, 0) is 9.53 Å². The topological polar surface area (TPSA) is 117 Å². The Bertz CT molecular complexity index is 865. The molecule has 0 fully saturated rings. The molecule has 0 aliphatic heterocycles. The van der Waals surface area contributed by atoms with Crippen LogP contribution in [0.25, 0.3) is 0 Å². The van der Waals surface area contributed by atoms with Gasteiger partial charge in [-0.15, -0.1) is 0 Å². The molecular formula is C19H20N2O7. The first-order valence-corrected chi connectivity index (χ1v) is 8.23. The van der Waals surface area contributed by atoms with Crippen molar-refractivity contribution in [2.75, 3.05) is 21.3 Å². The largest absolute Gasteiger partial charge is 0.493 e. The van der Waals surface area contributed by atoms with Gasteiger partial charge in [0.1, 0.15) is 0 Å². The highest BCUT2D eigenvalue weighted by Gasteiger charge is 2.21. The van der Waals surface area contributed by atoms with Gasteiger partial charge < -0.3 is 19.5 Å². The number of ether oxygens (including phenoxy) is 3. The molecule has 1 atom stereocenters. The van der Waals surface area contributed by atoms with E-state index >= 15 is 0 Å². The predicted octanol–water partition coefficient (Wildman–Crippen LogP) is 2.65. The fraction of sp³-hybridized carbons (Fsp3) is 0.263. The number of hydrogen-bond acceptors (Lipinski definition) is 7. The number of nitrogens with zero attached hydrogens (tertiary/aromatic N) is 1. The highest BCUT2D eigenvalue weighted by atomic mass is 16.6. The number of nitro benzene ring substituents is 1. The number of non-ortho nitro benzene ring substituents is 1. The maximum absolute atomic E-state index is 12.6. The van der Waals surface area contributed by atoms with Gasteiger partial charge >= 0.3 is 5.97 Å². The summed E-state index contributed by atoms with van der Waals surface area (Å²) in [6, 6.07) is 9.48. The number of nitrogens with one attached hydrogen (secondary N) is 1. The van der Waals surface area contributed by atoms with Crippen molar-refractivity contribution in [1.29, 1.82) is 0 Å². The third kappa shape index (κ3) is 4.97. The Kier molecular flexibility index (Phi) is 6.91. The van der Waals surface area contributed by atoms with Crippen molar-refractivity contribution >= 4 is 17.6 Å². The zero-order valence-corrected chi connectivity index (χ0v) is 15.6. The molecular weight excluding hydrogens is 368 g/mol. The van der Waals surface area contributed by atoms with Crippen LogP contribution in [-0.4, -0.2) is 38.1 Å². The van der Waals surface area contributed by atoms with Gasteiger partial charge in [0.15, 0.2) is 11.5 Å². The third-order valence-electron chi connectivity index (χ3n) is 4.05. The van der Waals surface area contributed by atoms with E-state index in [4.69, 9.17) is 14.2 Å². The summed E-state index contributed by atoms with van der Waals surface area (Å²) in [4.78, 5) is 34.6. The van der Waals surface area contributed by atoms with Gasteiger partial charge in [0.05, 0.1) is 38.7 Å². The molecule has 0 saturated carbocycles. The fourth-order valence-electron chi connectivity index (χ4n) is 2.55. The second-order valence-electron chi connectivity index (χ2n) is 5.72. The molecule has 1 amide bonds. The Morgan fingerprint density at radius 1 is 1.04 bits per heavy atom. The molecule has 0 aromatic heterocycles. The maximum atomic E-state index is 12.6. The number of hydrogen-bond donors (Lipinski definition) is 1. The molecule has 0 bridgehead atoms. The molecule has 0 aliphatic rings. The van der Waals surface area contributed by atoms with Crippen LogP contribution in [0.3, 0.4) is 0 Å². The van der Waals surface area contributed by atoms with E-state index in [-0.39, 0.29) is 17.7 Å². The van der Waals surface area contributed by atoms with Crippen molar-refractivity contribution in [3.8, 4) is 11.5 Å². The molecule has 1 N–H and O–H groups in total.